The number of methoxy groups -OCH3 is 1. The third kappa shape index (κ3) is 2.87. The number of para-hydroxylation sites is 1. The van der Waals surface area contributed by atoms with E-state index in [2.05, 4.69) is 34.1 Å². The van der Waals surface area contributed by atoms with Crippen molar-refractivity contribution in [3.63, 3.8) is 0 Å². The van der Waals surface area contributed by atoms with Gasteiger partial charge in [0.15, 0.2) is 0 Å². The van der Waals surface area contributed by atoms with Crippen molar-refractivity contribution in [3.8, 4) is 0 Å². The Kier molecular flexibility index (Phi) is 4.95. The molecule has 5 nitrogen and oxygen atoms in total. The van der Waals surface area contributed by atoms with Crippen LogP contribution in [0.5, 0.6) is 0 Å². The lowest BCUT2D eigenvalue weighted by Crippen LogP contribution is -2.53. The SMILES string of the molecule is COC(=O)C1C(O)CC[C@H]2CN3CCc4c([nH]c5ccccc45)[C@@H]3C[C@H]12.Cl. The molecular weight excluding hydrogens is 364 g/mol. The number of ether oxygens (including phenoxy) is 1. The highest BCUT2D eigenvalue weighted by atomic mass is 35.5. The van der Waals surface area contributed by atoms with E-state index < -0.39 is 6.10 Å². The predicted molar refractivity (Wildman–Crippen MR) is 106 cm³/mol. The Morgan fingerprint density at radius 2 is 2.11 bits per heavy atom. The molecule has 2 aliphatic heterocycles. The van der Waals surface area contributed by atoms with Gasteiger partial charge in [0, 0.05) is 29.7 Å². The van der Waals surface area contributed by atoms with Crippen molar-refractivity contribution in [1.82, 2.24) is 9.88 Å². The molecule has 5 atom stereocenters. The maximum Gasteiger partial charge on any atom is 0.311 e. The van der Waals surface area contributed by atoms with Crippen molar-refractivity contribution in [1.29, 1.82) is 0 Å². The second-order valence-electron chi connectivity index (χ2n) is 8.18. The first-order chi connectivity index (χ1) is 12.7. The van der Waals surface area contributed by atoms with Gasteiger partial charge in [-0.1, -0.05) is 18.2 Å². The first-order valence-electron chi connectivity index (χ1n) is 9.76. The van der Waals surface area contributed by atoms with E-state index in [1.165, 1.54) is 29.3 Å². The van der Waals surface area contributed by atoms with Crippen molar-refractivity contribution in [3.05, 3.63) is 35.5 Å². The van der Waals surface area contributed by atoms with Crippen LogP contribution in [0.2, 0.25) is 0 Å². The summed E-state index contributed by atoms with van der Waals surface area (Å²) in [6, 6.07) is 8.83. The number of carbonyl (C=O) groups excluding carboxylic acids is 1. The summed E-state index contributed by atoms with van der Waals surface area (Å²) in [6.45, 7) is 2.10. The fourth-order valence-electron chi connectivity index (χ4n) is 5.80. The number of nitrogens with one attached hydrogen (secondary N) is 1. The van der Waals surface area contributed by atoms with Crippen molar-refractivity contribution in [2.45, 2.75) is 37.8 Å². The van der Waals surface area contributed by atoms with Gasteiger partial charge in [-0.05, 0) is 49.1 Å². The molecule has 5 rings (SSSR count). The summed E-state index contributed by atoms with van der Waals surface area (Å²) in [5.74, 6) is 0.0541. The van der Waals surface area contributed by atoms with Crippen molar-refractivity contribution >= 4 is 29.3 Å². The second-order valence-corrected chi connectivity index (χ2v) is 8.18. The van der Waals surface area contributed by atoms with E-state index in [0.29, 0.717) is 18.4 Å². The number of benzene rings is 1. The highest BCUT2D eigenvalue weighted by Gasteiger charge is 2.49. The average molecular weight is 391 g/mol. The second kappa shape index (κ2) is 7.12. The molecule has 1 saturated carbocycles. The van der Waals surface area contributed by atoms with E-state index in [4.69, 9.17) is 4.74 Å². The molecule has 3 heterocycles. The molecule has 2 aromatic rings. The zero-order valence-corrected chi connectivity index (χ0v) is 16.4. The number of hydrogen-bond acceptors (Lipinski definition) is 4. The smallest absolute Gasteiger partial charge is 0.311 e. The van der Waals surface area contributed by atoms with Gasteiger partial charge >= 0.3 is 5.97 Å². The Balaban J connectivity index is 0.00000180. The number of halogens is 1. The van der Waals surface area contributed by atoms with E-state index in [1.54, 1.807) is 0 Å². The van der Waals surface area contributed by atoms with Crippen molar-refractivity contribution in [2.75, 3.05) is 20.2 Å². The number of aromatic amines is 1. The van der Waals surface area contributed by atoms with Gasteiger partial charge in [-0.25, -0.2) is 0 Å². The summed E-state index contributed by atoms with van der Waals surface area (Å²) in [6.07, 6.45) is 3.14. The van der Waals surface area contributed by atoms with Gasteiger partial charge in [-0.2, -0.15) is 0 Å². The molecule has 2 unspecified atom stereocenters. The Morgan fingerprint density at radius 3 is 2.93 bits per heavy atom. The topological polar surface area (TPSA) is 65.6 Å². The van der Waals surface area contributed by atoms with Crippen LogP contribution < -0.4 is 0 Å². The van der Waals surface area contributed by atoms with E-state index in [-0.39, 0.29) is 30.2 Å². The third-order valence-electron chi connectivity index (χ3n) is 7.02. The average Bonchev–Trinajstić information content (AvgIpc) is 3.05. The van der Waals surface area contributed by atoms with Crippen molar-refractivity contribution < 1.29 is 14.6 Å². The van der Waals surface area contributed by atoms with Crippen LogP contribution in [0.4, 0.5) is 0 Å². The van der Waals surface area contributed by atoms with Gasteiger partial charge in [0.05, 0.1) is 25.2 Å². The van der Waals surface area contributed by atoms with Gasteiger partial charge in [-0.3, -0.25) is 9.69 Å². The predicted octanol–water partition coefficient (Wildman–Crippen LogP) is 3.07. The van der Waals surface area contributed by atoms with Gasteiger partial charge < -0.3 is 14.8 Å². The molecule has 0 spiro atoms. The van der Waals surface area contributed by atoms with Gasteiger partial charge in [0.25, 0.3) is 0 Å². The van der Waals surface area contributed by atoms with E-state index in [9.17, 15) is 9.90 Å². The summed E-state index contributed by atoms with van der Waals surface area (Å²) in [5, 5.41) is 11.8. The van der Waals surface area contributed by atoms with Gasteiger partial charge in [-0.15, -0.1) is 12.4 Å². The van der Waals surface area contributed by atoms with E-state index in [1.807, 2.05) is 0 Å². The third-order valence-corrected chi connectivity index (χ3v) is 7.02. The monoisotopic (exact) mass is 390 g/mol. The minimum absolute atomic E-state index is 0. The summed E-state index contributed by atoms with van der Waals surface area (Å²) >= 11 is 0. The maximum absolute atomic E-state index is 12.4. The van der Waals surface area contributed by atoms with Crippen LogP contribution in [-0.2, 0) is 16.0 Å². The number of rotatable bonds is 1. The number of nitrogens with zero attached hydrogens (tertiary/aromatic N) is 1. The van der Waals surface area contributed by atoms with Crippen LogP contribution in [0.3, 0.4) is 0 Å². The molecule has 3 aliphatic rings. The molecule has 0 radical (unpaired) electrons. The molecule has 1 aliphatic carbocycles. The summed E-state index contributed by atoms with van der Waals surface area (Å²) in [5.41, 5.74) is 3.96. The zero-order chi connectivity index (χ0) is 17.8. The molecular formula is C21H27ClN2O3. The molecule has 6 heteroatoms. The number of hydrogen-bond donors (Lipinski definition) is 2. The number of piperidine rings is 1. The molecule has 0 amide bonds. The number of carbonyl (C=O) groups is 1. The molecule has 1 saturated heterocycles. The van der Waals surface area contributed by atoms with Crippen LogP contribution in [0.15, 0.2) is 24.3 Å². The first kappa shape index (κ1) is 18.8. The number of H-pyrrole nitrogens is 1. The largest absolute Gasteiger partial charge is 0.469 e. The zero-order valence-electron chi connectivity index (χ0n) is 15.6. The summed E-state index contributed by atoms with van der Waals surface area (Å²) in [4.78, 5) is 18.6. The van der Waals surface area contributed by atoms with Gasteiger partial charge in [0.1, 0.15) is 0 Å². The van der Waals surface area contributed by atoms with Crippen LogP contribution in [0, 0.1) is 17.8 Å². The molecule has 1 aromatic heterocycles. The van der Waals surface area contributed by atoms with Crippen LogP contribution in [0.25, 0.3) is 10.9 Å². The van der Waals surface area contributed by atoms with E-state index in [0.717, 1.165) is 32.4 Å². The normalized spacial score (nSPS) is 32.7. The van der Waals surface area contributed by atoms with Crippen molar-refractivity contribution in [2.24, 2.45) is 17.8 Å². The Hall–Kier alpha value is -1.56. The molecule has 2 fully saturated rings. The molecule has 146 valence electrons. The highest BCUT2D eigenvalue weighted by molar-refractivity contribution is 5.85. The summed E-state index contributed by atoms with van der Waals surface area (Å²) < 4.78 is 5.04. The Labute approximate surface area is 165 Å². The number of aliphatic hydroxyl groups is 1. The van der Waals surface area contributed by atoms with Crippen LogP contribution >= 0.6 is 12.4 Å². The van der Waals surface area contributed by atoms with Crippen LogP contribution in [-0.4, -0.2) is 47.3 Å². The Morgan fingerprint density at radius 1 is 1.30 bits per heavy atom. The minimum atomic E-state index is -0.568. The molecule has 1 aromatic carbocycles. The summed E-state index contributed by atoms with van der Waals surface area (Å²) in [7, 11) is 1.43. The standard InChI is InChI=1S/C21H26N2O3.ClH/c1-26-21(25)19-15-10-17-20-14(13-4-2-3-5-16(13)22-20)8-9-23(17)11-12(15)6-7-18(19)24;/h2-5,12,15,17-19,22,24H,6-11H2,1H3;1H/t12-,15-,17-,18?,19?;/m0./s1. The molecule has 0 bridgehead atoms. The Bertz CT molecular complexity index is 851. The number of aromatic nitrogens is 1. The minimum Gasteiger partial charge on any atom is -0.469 e. The fourth-order valence-corrected chi connectivity index (χ4v) is 5.80. The lowest BCUT2D eigenvalue weighted by Gasteiger charge is -2.50. The lowest BCUT2D eigenvalue weighted by molar-refractivity contribution is -0.160. The molecule has 27 heavy (non-hydrogen) atoms. The first-order valence-corrected chi connectivity index (χ1v) is 9.76. The fraction of sp³-hybridized carbons (Fsp3) is 0.571. The highest BCUT2D eigenvalue weighted by Crippen LogP contribution is 2.49. The molecule has 2 N–H and O–H groups in total. The van der Waals surface area contributed by atoms with Gasteiger partial charge in [0.2, 0.25) is 0 Å². The quantitative estimate of drug-likeness (QED) is 0.734. The van der Waals surface area contributed by atoms with E-state index >= 15 is 0 Å². The lowest BCUT2D eigenvalue weighted by atomic mass is 9.65. The number of fused-ring (bicyclic) bond motifs is 6. The maximum atomic E-state index is 12.4. The number of aliphatic hydroxyl groups excluding tert-OH is 1. The van der Waals surface area contributed by atoms with Crippen LogP contribution in [0.1, 0.15) is 36.6 Å². The number of esters is 1.